The summed E-state index contributed by atoms with van der Waals surface area (Å²) < 4.78 is 15.3. The lowest BCUT2D eigenvalue weighted by molar-refractivity contribution is 0.0626. The van der Waals surface area contributed by atoms with E-state index in [0.717, 1.165) is 18.4 Å². The summed E-state index contributed by atoms with van der Waals surface area (Å²) in [5.74, 6) is -1.14. The van der Waals surface area contributed by atoms with Crippen molar-refractivity contribution in [3.05, 3.63) is 105 Å². The molecule has 188 valence electrons. The van der Waals surface area contributed by atoms with Crippen LogP contribution < -0.4 is 10.7 Å². The molecule has 2 amide bonds. The number of hydrogen-bond donors (Lipinski definition) is 1. The number of hydrogen-bond acceptors (Lipinski definition) is 4. The Morgan fingerprint density at radius 1 is 0.917 bits per heavy atom. The molecule has 0 spiro atoms. The van der Waals surface area contributed by atoms with Crippen molar-refractivity contribution in [1.29, 1.82) is 0 Å². The van der Waals surface area contributed by atoms with E-state index in [0.29, 0.717) is 39.3 Å². The number of nitrogens with zero attached hydrogens (tertiary/aromatic N) is 3. The highest BCUT2D eigenvalue weighted by molar-refractivity contribution is 5.99. The average molecular weight is 491 g/mol. The predicted molar refractivity (Wildman–Crippen MR) is 136 cm³/mol. The molecule has 1 N–H and O–H groups in total. The van der Waals surface area contributed by atoms with Crippen molar-refractivity contribution in [2.75, 3.05) is 33.2 Å². The van der Waals surface area contributed by atoms with Gasteiger partial charge in [-0.05, 0) is 36.1 Å². The van der Waals surface area contributed by atoms with Crippen molar-refractivity contribution in [2.45, 2.75) is 25.9 Å². The monoisotopic (exact) mass is 490 g/mol. The van der Waals surface area contributed by atoms with Gasteiger partial charge in [-0.2, -0.15) is 0 Å². The number of rotatable bonds is 8. The van der Waals surface area contributed by atoms with Gasteiger partial charge < -0.3 is 14.8 Å². The van der Waals surface area contributed by atoms with Gasteiger partial charge in [-0.15, -0.1) is 0 Å². The minimum atomic E-state index is -0.555. The number of pyridine rings is 1. The largest absolute Gasteiger partial charge is 0.355 e. The van der Waals surface area contributed by atoms with Crippen molar-refractivity contribution in [1.82, 2.24) is 19.7 Å². The fraction of sp³-hybridized carbons (Fsp3) is 0.321. The first kappa shape index (κ1) is 25.3. The molecule has 1 aromatic heterocycles. The van der Waals surface area contributed by atoms with Gasteiger partial charge in [-0.1, -0.05) is 42.5 Å². The molecule has 0 aliphatic carbocycles. The van der Waals surface area contributed by atoms with E-state index in [1.54, 1.807) is 21.7 Å². The van der Waals surface area contributed by atoms with Gasteiger partial charge in [0, 0.05) is 58.7 Å². The lowest BCUT2D eigenvalue weighted by Crippen LogP contribution is -2.49. The van der Waals surface area contributed by atoms with Gasteiger partial charge in [0.15, 0.2) is 0 Å². The molecular weight excluding hydrogens is 459 g/mol. The summed E-state index contributed by atoms with van der Waals surface area (Å²) >= 11 is 0. The van der Waals surface area contributed by atoms with E-state index in [-0.39, 0.29) is 22.9 Å². The minimum absolute atomic E-state index is 0.00870. The molecule has 0 atom stereocenters. The van der Waals surface area contributed by atoms with Gasteiger partial charge in [0.2, 0.25) is 5.43 Å². The second kappa shape index (κ2) is 11.8. The van der Waals surface area contributed by atoms with E-state index in [4.69, 9.17) is 0 Å². The molecule has 7 nitrogen and oxygen atoms in total. The molecule has 1 saturated heterocycles. The molecule has 0 bridgehead atoms. The van der Waals surface area contributed by atoms with Crippen LogP contribution in [0.3, 0.4) is 0 Å². The number of carbonyl (C=O) groups is 2. The van der Waals surface area contributed by atoms with E-state index in [2.05, 4.69) is 22.3 Å². The SMILES string of the molecule is CNC(=O)c1cn(CCCc2ccccc2)cc(C(=O)N2CCN(Cc3cccc(F)c3)CC2)c1=O. The van der Waals surface area contributed by atoms with Crippen LogP contribution in [0.15, 0.2) is 71.8 Å². The first-order chi connectivity index (χ1) is 17.4. The Balaban J connectivity index is 1.45. The first-order valence-electron chi connectivity index (χ1n) is 12.2. The lowest BCUT2D eigenvalue weighted by atomic mass is 10.1. The van der Waals surface area contributed by atoms with Gasteiger partial charge in [0.05, 0.1) is 0 Å². The van der Waals surface area contributed by atoms with Gasteiger partial charge in [0.1, 0.15) is 16.9 Å². The van der Waals surface area contributed by atoms with Gasteiger partial charge >= 0.3 is 0 Å². The van der Waals surface area contributed by atoms with Crippen LogP contribution in [0.2, 0.25) is 0 Å². The maximum absolute atomic E-state index is 13.5. The number of halogens is 1. The number of aryl methyl sites for hydroxylation is 2. The van der Waals surface area contributed by atoms with Gasteiger partial charge in [-0.3, -0.25) is 19.3 Å². The molecule has 36 heavy (non-hydrogen) atoms. The summed E-state index contributed by atoms with van der Waals surface area (Å²) in [5, 5.41) is 2.50. The number of amides is 2. The third-order valence-corrected chi connectivity index (χ3v) is 6.46. The van der Waals surface area contributed by atoms with Crippen molar-refractivity contribution >= 4 is 11.8 Å². The summed E-state index contributed by atoms with van der Waals surface area (Å²) in [6, 6.07) is 16.6. The van der Waals surface area contributed by atoms with Crippen molar-refractivity contribution in [2.24, 2.45) is 0 Å². The zero-order valence-electron chi connectivity index (χ0n) is 20.5. The Hall–Kier alpha value is -3.78. The average Bonchev–Trinajstić information content (AvgIpc) is 2.89. The van der Waals surface area contributed by atoms with Gasteiger partial charge in [-0.25, -0.2) is 4.39 Å². The maximum atomic E-state index is 13.5. The smallest absolute Gasteiger partial charge is 0.259 e. The van der Waals surface area contributed by atoms with E-state index in [1.807, 2.05) is 24.3 Å². The zero-order chi connectivity index (χ0) is 25.5. The van der Waals surface area contributed by atoms with Crippen LogP contribution in [0.5, 0.6) is 0 Å². The van der Waals surface area contributed by atoms with Crippen molar-refractivity contribution < 1.29 is 14.0 Å². The quantitative estimate of drug-likeness (QED) is 0.527. The molecule has 2 heterocycles. The molecular formula is C28H31FN4O3. The molecule has 2 aromatic carbocycles. The number of benzene rings is 2. The Morgan fingerprint density at radius 3 is 2.31 bits per heavy atom. The van der Waals surface area contributed by atoms with Crippen LogP contribution in [-0.2, 0) is 19.5 Å². The van der Waals surface area contributed by atoms with Gasteiger partial charge in [0.25, 0.3) is 11.8 Å². The molecule has 0 unspecified atom stereocenters. The van der Waals surface area contributed by atoms with Crippen molar-refractivity contribution in [3.8, 4) is 0 Å². The molecule has 4 rings (SSSR count). The highest BCUT2D eigenvalue weighted by atomic mass is 19.1. The second-order valence-corrected chi connectivity index (χ2v) is 9.02. The standard InChI is InChI=1S/C28H31FN4O3/c1-30-27(35)24-19-32(12-6-10-21-7-3-2-4-8-21)20-25(26(24)34)28(36)33-15-13-31(14-16-33)18-22-9-5-11-23(29)17-22/h2-5,7-9,11,17,19-20H,6,10,12-16,18H2,1H3,(H,30,35). The molecule has 1 fully saturated rings. The highest BCUT2D eigenvalue weighted by Crippen LogP contribution is 2.13. The molecule has 3 aromatic rings. The minimum Gasteiger partial charge on any atom is -0.355 e. The lowest BCUT2D eigenvalue weighted by Gasteiger charge is -2.34. The Morgan fingerprint density at radius 2 is 1.61 bits per heavy atom. The Kier molecular flexibility index (Phi) is 8.28. The molecule has 0 radical (unpaired) electrons. The van der Waals surface area contributed by atoms with Crippen LogP contribution in [0.4, 0.5) is 4.39 Å². The molecule has 8 heteroatoms. The predicted octanol–water partition coefficient (Wildman–Crippen LogP) is 2.94. The number of carbonyl (C=O) groups excluding carboxylic acids is 2. The zero-order valence-corrected chi connectivity index (χ0v) is 20.5. The first-order valence-corrected chi connectivity index (χ1v) is 12.2. The molecule has 1 aliphatic rings. The summed E-state index contributed by atoms with van der Waals surface area (Å²) in [5.41, 5.74) is 1.51. The Labute approximate surface area is 210 Å². The van der Waals surface area contributed by atoms with E-state index in [9.17, 15) is 18.8 Å². The topological polar surface area (TPSA) is 74.7 Å². The van der Waals surface area contributed by atoms with Crippen molar-refractivity contribution in [3.63, 3.8) is 0 Å². The number of aromatic nitrogens is 1. The third-order valence-electron chi connectivity index (χ3n) is 6.46. The van der Waals surface area contributed by atoms with Crippen LogP contribution in [0, 0.1) is 5.82 Å². The molecule has 1 aliphatic heterocycles. The van der Waals surface area contributed by atoms with E-state index < -0.39 is 11.3 Å². The molecule has 0 saturated carbocycles. The van der Waals surface area contributed by atoms with Crippen LogP contribution >= 0.6 is 0 Å². The number of piperazine rings is 1. The summed E-state index contributed by atoms with van der Waals surface area (Å²) in [6.45, 7) is 3.30. The van der Waals surface area contributed by atoms with Crippen LogP contribution in [0.25, 0.3) is 0 Å². The normalized spacial score (nSPS) is 14.0. The number of nitrogens with one attached hydrogen (secondary N) is 1. The van der Waals surface area contributed by atoms with Crippen LogP contribution in [0.1, 0.15) is 38.3 Å². The maximum Gasteiger partial charge on any atom is 0.259 e. The van der Waals surface area contributed by atoms with Crippen LogP contribution in [-0.4, -0.2) is 59.4 Å². The Bertz CT molecular complexity index is 1270. The van der Waals surface area contributed by atoms with E-state index in [1.165, 1.54) is 30.9 Å². The summed E-state index contributed by atoms with van der Waals surface area (Å²) in [4.78, 5) is 42.6. The highest BCUT2D eigenvalue weighted by Gasteiger charge is 2.26. The summed E-state index contributed by atoms with van der Waals surface area (Å²) in [6.07, 6.45) is 4.74. The summed E-state index contributed by atoms with van der Waals surface area (Å²) in [7, 11) is 1.47. The second-order valence-electron chi connectivity index (χ2n) is 9.02. The fourth-order valence-electron chi connectivity index (χ4n) is 4.49. The fourth-order valence-corrected chi connectivity index (χ4v) is 4.49. The van der Waals surface area contributed by atoms with E-state index >= 15 is 0 Å². The third kappa shape index (κ3) is 6.26.